The molecule has 41 heavy (non-hydrogen) atoms. The monoisotopic (exact) mass is 580 g/mol. The number of anilines is 3. The van der Waals surface area contributed by atoms with E-state index in [-0.39, 0.29) is 5.75 Å². The first-order valence-corrected chi connectivity index (χ1v) is 16.5. The molecule has 4 aliphatic heterocycles. The smallest absolute Gasteiger partial charge is 0.234 e. The molecular formula is C29H40N8O3S. The molecular weight excluding hydrogens is 540 g/mol. The summed E-state index contributed by atoms with van der Waals surface area (Å²) < 4.78 is 29.2. The molecule has 2 fully saturated rings. The van der Waals surface area contributed by atoms with Crippen LogP contribution in [0.4, 0.5) is 17.3 Å². The summed E-state index contributed by atoms with van der Waals surface area (Å²) in [4.78, 5) is 14.1. The molecule has 1 aromatic carbocycles. The molecule has 0 amide bonds. The molecule has 0 radical (unpaired) electrons. The highest BCUT2D eigenvalue weighted by atomic mass is 32.2. The summed E-state index contributed by atoms with van der Waals surface area (Å²) in [5.74, 6) is 1.07. The van der Waals surface area contributed by atoms with E-state index in [0.717, 1.165) is 68.5 Å². The second kappa shape index (κ2) is 11.6. The number of aromatic nitrogens is 5. The van der Waals surface area contributed by atoms with Crippen LogP contribution in [0.25, 0.3) is 17.1 Å². The number of aliphatic hydroxyl groups excluding tert-OH is 1. The average molecular weight is 581 g/mol. The summed E-state index contributed by atoms with van der Waals surface area (Å²) >= 11 is 0. The minimum absolute atomic E-state index is 0.298. The first-order valence-electron chi connectivity index (χ1n) is 14.8. The molecule has 4 aliphatic rings. The van der Waals surface area contributed by atoms with E-state index >= 15 is 0 Å². The van der Waals surface area contributed by atoms with Crippen molar-refractivity contribution in [1.82, 2.24) is 25.0 Å². The number of fused-ring (bicyclic) bond motifs is 5. The van der Waals surface area contributed by atoms with Crippen molar-refractivity contribution in [1.29, 1.82) is 0 Å². The molecule has 3 aromatic rings. The predicted octanol–water partition coefficient (Wildman–Crippen LogP) is 3.86. The number of piperidine rings is 2. The van der Waals surface area contributed by atoms with Crippen molar-refractivity contribution in [3.8, 4) is 17.1 Å². The fraction of sp³-hybridized carbons (Fsp3) is 0.586. The molecule has 1 unspecified atom stereocenters. The second-order valence-electron chi connectivity index (χ2n) is 12.1. The van der Waals surface area contributed by atoms with E-state index in [2.05, 4.69) is 36.7 Å². The number of nitrogens with zero attached hydrogens (tertiary/aromatic N) is 7. The van der Waals surface area contributed by atoms with E-state index in [1.165, 1.54) is 32.1 Å². The second-order valence-corrected chi connectivity index (χ2v) is 14.0. The molecule has 2 saturated heterocycles. The van der Waals surface area contributed by atoms with E-state index in [4.69, 9.17) is 4.98 Å². The maximum Gasteiger partial charge on any atom is 0.234 e. The van der Waals surface area contributed by atoms with Crippen LogP contribution in [0.1, 0.15) is 58.3 Å². The highest BCUT2D eigenvalue weighted by Crippen LogP contribution is 2.40. The Hall–Kier alpha value is -3.25. The first-order chi connectivity index (χ1) is 19.8. The number of hydrogen-bond acceptors (Lipinski definition) is 9. The van der Waals surface area contributed by atoms with Crippen molar-refractivity contribution in [2.24, 2.45) is 11.3 Å². The van der Waals surface area contributed by atoms with Gasteiger partial charge in [-0.1, -0.05) is 25.0 Å². The van der Waals surface area contributed by atoms with Crippen LogP contribution in [0.5, 0.6) is 0 Å². The maximum absolute atomic E-state index is 12.4. The first kappa shape index (κ1) is 27.9. The zero-order valence-electron chi connectivity index (χ0n) is 23.7. The van der Waals surface area contributed by atoms with Gasteiger partial charge >= 0.3 is 0 Å². The molecule has 2 aromatic heterocycles. The van der Waals surface area contributed by atoms with Crippen LogP contribution in [-0.2, 0) is 10.0 Å². The number of hydrogen-bond donors (Lipinski definition) is 2. The normalized spacial score (nSPS) is 23.3. The largest absolute Gasteiger partial charge is 0.395 e. The molecule has 12 heteroatoms. The molecule has 0 saturated carbocycles. The van der Waals surface area contributed by atoms with Crippen LogP contribution in [0, 0.1) is 11.3 Å². The van der Waals surface area contributed by atoms with Gasteiger partial charge < -0.3 is 14.9 Å². The number of aliphatic hydroxyl groups is 1. The van der Waals surface area contributed by atoms with E-state index in [9.17, 15) is 13.5 Å². The van der Waals surface area contributed by atoms with Crippen molar-refractivity contribution < 1.29 is 13.5 Å². The Labute approximate surface area is 242 Å². The van der Waals surface area contributed by atoms with Crippen molar-refractivity contribution in [2.45, 2.75) is 58.3 Å². The van der Waals surface area contributed by atoms with Crippen LogP contribution in [-0.4, -0.2) is 77.0 Å². The lowest BCUT2D eigenvalue weighted by atomic mass is 9.76. The van der Waals surface area contributed by atoms with Crippen molar-refractivity contribution in [2.75, 3.05) is 53.1 Å². The summed E-state index contributed by atoms with van der Waals surface area (Å²) in [5, 5.41) is 18.1. The molecule has 2 N–H and O–H groups in total. The minimum Gasteiger partial charge on any atom is -0.395 e. The van der Waals surface area contributed by atoms with Gasteiger partial charge in [0.15, 0.2) is 0 Å². The summed E-state index contributed by atoms with van der Waals surface area (Å²) in [6.45, 7) is 5.72. The van der Waals surface area contributed by atoms with Crippen LogP contribution in [0.3, 0.4) is 0 Å². The number of sulfonamides is 1. The Morgan fingerprint density at radius 3 is 2.66 bits per heavy atom. The lowest BCUT2D eigenvalue weighted by Crippen LogP contribution is -2.39. The lowest BCUT2D eigenvalue weighted by molar-refractivity contribution is 0.217. The summed E-state index contributed by atoms with van der Waals surface area (Å²) in [7, 11) is -3.65. The van der Waals surface area contributed by atoms with Crippen LogP contribution < -0.4 is 14.5 Å². The molecule has 0 aliphatic carbocycles. The van der Waals surface area contributed by atoms with E-state index in [1.54, 1.807) is 16.9 Å². The standard InChI is InChI=1S/C29H40N8O3S/c1-29-10-3-2-5-22-6-4-14-36(20-22)28-30-13-9-24(31-28)25-21-37(34-32-25)26-8-7-23(33-41(39,40)18-17-38)19-27(26)35(15-11-29)16-12-29/h7-9,13,19,21-22,33,38H,2-6,10-12,14-18,20H2,1H3. The van der Waals surface area contributed by atoms with Crippen molar-refractivity contribution in [3.63, 3.8) is 0 Å². The third kappa shape index (κ3) is 6.33. The Morgan fingerprint density at radius 2 is 1.83 bits per heavy atom. The van der Waals surface area contributed by atoms with Gasteiger partial charge in [0.2, 0.25) is 16.0 Å². The van der Waals surface area contributed by atoms with Gasteiger partial charge in [-0.2, -0.15) is 0 Å². The molecule has 6 heterocycles. The van der Waals surface area contributed by atoms with Gasteiger partial charge in [0.1, 0.15) is 5.69 Å². The fourth-order valence-electron chi connectivity index (χ4n) is 6.53. The molecule has 1 atom stereocenters. The highest BCUT2D eigenvalue weighted by molar-refractivity contribution is 7.92. The van der Waals surface area contributed by atoms with Crippen molar-refractivity contribution >= 4 is 27.3 Å². The van der Waals surface area contributed by atoms with Gasteiger partial charge in [-0.15, -0.1) is 5.10 Å². The number of benzene rings is 1. The van der Waals surface area contributed by atoms with E-state index in [1.807, 2.05) is 24.4 Å². The molecule has 11 nitrogen and oxygen atoms in total. The van der Waals surface area contributed by atoms with Gasteiger partial charge in [0, 0.05) is 32.4 Å². The Kier molecular flexibility index (Phi) is 7.86. The SMILES string of the molecule is CC12CCCCC3CCCN(C3)c3nccc(n3)-c3cn(nn3)-c3ccc(NS(=O)(=O)CCO)cc3N(CC1)CC2. The maximum atomic E-state index is 12.4. The molecule has 220 valence electrons. The Balaban J connectivity index is 1.38. The topological polar surface area (TPSA) is 129 Å². The third-order valence-corrected chi connectivity index (χ3v) is 10.3. The summed E-state index contributed by atoms with van der Waals surface area (Å²) in [6, 6.07) is 7.34. The van der Waals surface area contributed by atoms with Crippen LogP contribution in [0.2, 0.25) is 0 Å². The third-order valence-electron chi connectivity index (χ3n) is 9.01. The molecule has 0 spiro atoms. The average Bonchev–Trinajstić information content (AvgIpc) is 3.46. The van der Waals surface area contributed by atoms with Gasteiger partial charge in [-0.25, -0.2) is 23.1 Å². The summed E-state index contributed by atoms with van der Waals surface area (Å²) in [5.41, 5.74) is 3.86. The number of nitrogens with one attached hydrogen (secondary N) is 1. The minimum atomic E-state index is -3.65. The molecule has 8 bridgehead atoms. The van der Waals surface area contributed by atoms with Crippen LogP contribution >= 0.6 is 0 Å². The van der Waals surface area contributed by atoms with Gasteiger partial charge in [0.05, 0.1) is 41.3 Å². The lowest BCUT2D eigenvalue weighted by Gasteiger charge is -2.41. The Bertz CT molecular complexity index is 1470. The molecule has 7 rings (SSSR count). The fourth-order valence-corrected chi connectivity index (χ4v) is 7.36. The summed E-state index contributed by atoms with van der Waals surface area (Å²) in [6.07, 6.45) is 13.2. The van der Waals surface area contributed by atoms with Crippen molar-refractivity contribution in [3.05, 3.63) is 36.7 Å². The zero-order valence-corrected chi connectivity index (χ0v) is 24.6. The highest BCUT2D eigenvalue weighted by Gasteiger charge is 2.31. The predicted molar refractivity (Wildman–Crippen MR) is 160 cm³/mol. The van der Waals surface area contributed by atoms with Gasteiger partial charge in [-0.05, 0) is 74.1 Å². The van der Waals surface area contributed by atoms with E-state index < -0.39 is 16.6 Å². The van der Waals surface area contributed by atoms with Gasteiger partial charge in [0.25, 0.3) is 0 Å². The quantitative estimate of drug-likeness (QED) is 0.473. The van der Waals surface area contributed by atoms with Crippen LogP contribution in [0.15, 0.2) is 36.7 Å². The van der Waals surface area contributed by atoms with Gasteiger partial charge in [-0.3, -0.25) is 4.72 Å². The Morgan fingerprint density at radius 1 is 1.00 bits per heavy atom. The zero-order chi connectivity index (χ0) is 28.5. The van der Waals surface area contributed by atoms with E-state index in [0.29, 0.717) is 22.7 Å². The number of rotatable bonds is 4.